The highest BCUT2D eigenvalue weighted by Crippen LogP contribution is 2.30. The molecule has 10 heteroatoms. The Balaban J connectivity index is 1.50. The minimum Gasteiger partial charge on any atom is -0.508 e. The Kier molecular flexibility index (Phi) is 5.41. The fourth-order valence-corrected chi connectivity index (χ4v) is 3.33. The second-order valence-corrected chi connectivity index (χ2v) is 7.03. The number of aromatic hydroxyl groups is 1. The van der Waals surface area contributed by atoms with Gasteiger partial charge in [0.05, 0.1) is 27.3 Å². The van der Waals surface area contributed by atoms with E-state index in [1.165, 1.54) is 60.7 Å². The van der Waals surface area contributed by atoms with Crippen molar-refractivity contribution in [3.8, 4) is 5.75 Å². The van der Waals surface area contributed by atoms with E-state index in [2.05, 4.69) is 0 Å². The summed E-state index contributed by atoms with van der Waals surface area (Å²) in [5.41, 5.74) is -0.0958. The van der Waals surface area contributed by atoms with Gasteiger partial charge in [-0.25, -0.2) is 9.69 Å². The molecule has 1 aliphatic rings. The average Bonchev–Trinajstić information content (AvgIpc) is 3.06. The second-order valence-electron chi connectivity index (χ2n) is 7.03. The Morgan fingerprint density at radius 2 is 1.64 bits per heavy atom. The van der Waals surface area contributed by atoms with Crippen LogP contribution in [0.5, 0.6) is 5.75 Å². The van der Waals surface area contributed by atoms with E-state index < -0.39 is 35.1 Å². The van der Waals surface area contributed by atoms with E-state index in [-0.39, 0.29) is 39.4 Å². The molecule has 4 rings (SSSR count). The molecule has 1 aliphatic heterocycles. The maximum absolute atomic E-state index is 12.8. The number of carbonyl (C=O) groups excluding carboxylic acids is 4. The number of non-ortho nitro benzene ring substituents is 1. The normalized spacial score (nSPS) is 12.4. The number of nitro groups is 1. The quantitative estimate of drug-likeness (QED) is 0.200. The van der Waals surface area contributed by atoms with Crippen molar-refractivity contribution in [1.29, 1.82) is 0 Å². The zero-order chi connectivity index (χ0) is 23.7. The van der Waals surface area contributed by atoms with Gasteiger partial charge in [-0.2, -0.15) is 0 Å². The van der Waals surface area contributed by atoms with E-state index in [1.807, 2.05) is 0 Å². The molecular weight excluding hydrogens is 432 g/mol. The molecule has 164 valence electrons. The smallest absolute Gasteiger partial charge is 0.338 e. The number of carbonyl (C=O) groups is 4. The molecule has 0 fully saturated rings. The van der Waals surface area contributed by atoms with Crippen LogP contribution in [0.4, 0.5) is 11.4 Å². The molecule has 0 aliphatic carbocycles. The first-order valence-electron chi connectivity index (χ1n) is 9.53. The number of hydrogen-bond acceptors (Lipinski definition) is 8. The summed E-state index contributed by atoms with van der Waals surface area (Å²) in [5.74, 6) is -2.96. The Labute approximate surface area is 185 Å². The van der Waals surface area contributed by atoms with Gasteiger partial charge in [-0.15, -0.1) is 0 Å². The van der Waals surface area contributed by atoms with Gasteiger partial charge in [0, 0.05) is 23.8 Å². The van der Waals surface area contributed by atoms with Gasteiger partial charge in [0.1, 0.15) is 5.75 Å². The largest absolute Gasteiger partial charge is 0.508 e. The van der Waals surface area contributed by atoms with Gasteiger partial charge in [-0.1, -0.05) is 18.2 Å². The summed E-state index contributed by atoms with van der Waals surface area (Å²) in [6.45, 7) is -0.667. The van der Waals surface area contributed by atoms with Crippen molar-refractivity contribution in [3.05, 3.63) is 99.1 Å². The third kappa shape index (κ3) is 4.04. The number of nitro benzene ring substituents is 1. The van der Waals surface area contributed by atoms with Crippen LogP contribution in [0, 0.1) is 10.1 Å². The number of phenols is 1. The number of phenolic OH excluding ortho intramolecular Hbond substituents is 1. The van der Waals surface area contributed by atoms with Crippen molar-refractivity contribution in [2.75, 3.05) is 11.5 Å². The number of amides is 2. The Morgan fingerprint density at radius 1 is 0.909 bits per heavy atom. The molecule has 0 saturated carbocycles. The lowest BCUT2D eigenvalue weighted by atomic mass is 10.1. The minimum atomic E-state index is -0.910. The van der Waals surface area contributed by atoms with E-state index in [1.54, 1.807) is 0 Å². The van der Waals surface area contributed by atoms with Gasteiger partial charge < -0.3 is 9.84 Å². The van der Waals surface area contributed by atoms with Gasteiger partial charge >= 0.3 is 5.97 Å². The number of rotatable bonds is 6. The van der Waals surface area contributed by atoms with E-state index in [4.69, 9.17) is 4.74 Å². The van der Waals surface area contributed by atoms with Crippen LogP contribution in [-0.4, -0.2) is 40.2 Å². The van der Waals surface area contributed by atoms with Gasteiger partial charge in [0.2, 0.25) is 5.78 Å². The number of Topliss-reactive ketones (excluding diaryl/α,β-unsaturated/α-hetero) is 1. The summed E-state index contributed by atoms with van der Waals surface area (Å²) in [4.78, 5) is 61.2. The Bertz CT molecular complexity index is 1350. The van der Waals surface area contributed by atoms with E-state index in [9.17, 15) is 34.4 Å². The molecule has 0 spiro atoms. The second kappa shape index (κ2) is 8.35. The fraction of sp³-hybridized carbons (Fsp3) is 0.0435. The molecular formula is C23H14N2O8. The van der Waals surface area contributed by atoms with Crippen LogP contribution < -0.4 is 4.90 Å². The molecule has 33 heavy (non-hydrogen) atoms. The number of ketones is 1. The van der Waals surface area contributed by atoms with Gasteiger partial charge in [-0.05, 0) is 30.3 Å². The number of ether oxygens (including phenoxy) is 1. The molecule has 2 amide bonds. The van der Waals surface area contributed by atoms with Crippen molar-refractivity contribution >= 4 is 34.9 Å². The van der Waals surface area contributed by atoms with Crippen LogP contribution in [0.2, 0.25) is 0 Å². The molecule has 10 nitrogen and oxygen atoms in total. The summed E-state index contributed by atoms with van der Waals surface area (Å²) in [5, 5.41) is 20.5. The summed E-state index contributed by atoms with van der Waals surface area (Å²) in [7, 11) is 0. The number of nitrogens with zero attached hydrogens (tertiary/aromatic N) is 2. The van der Waals surface area contributed by atoms with E-state index in [0.717, 1.165) is 11.0 Å². The third-order valence-electron chi connectivity index (χ3n) is 4.92. The predicted octanol–water partition coefficient (Wildman–Crippen LogP) is 3.14. The van der Waals surface area contributed by atoms with Crippen molar-refractivity contribution in [2.45, 2.75) is 0 Å². The molecule has 0 radical (unpaired) electrons. The zero-order valence-corrected chi connectivity index (χ0v) is 16.8. The summed E-state index contributed by atoms with van der Waals surface area (Å²) in [6, 6.07) is 14.4. The maximum Gasteiger partial charge on any atom is 0.338 e. The highest BCUT2D eigenvalue weighted by molar-refractivity contribution is 6.34. The standard InChI is InChI=1S/C23H14N2O8/c26-17-6-2-4-15(11-17)24-21(28)18-8-7-14(10-19(18)22(24)29)23(30)33-12-20(27)13-3-1-5-16(9-13)25(31)32/h1-11,26H,12H2. The monoisotopic (exact) mass is 446 g/mol. The maximum atomic E-state index is 12.8. The number of imide groups is 1. The molecule has 0 aromatic heterocycles. The third-order valence-corrected chi connectivity index (χ3v) is 4.92. The van der Waals surface area contributed by atoms with Crippen molar-refractivity contribution in [1.82, 2.24) is 0 Å². The molecule has 0 atom stereocenters. The van der Waals surface area contributed by atoms with Gasteiger partial charge in [0.15, 0.2) is 6.61 Å². The van der Waals surface area contributed by atoms with Crippen LogP contribution >= 0.6 is 0 Å². The summed E-state index contributed by atoms with van der Waals surface area (Å²) < 4.78 is 4.99. The van der Waals surface area contributed by atoms with Crippen molar-refractivity contribution in [3.63, 3.8) is 0 Å². The topological polar surface area (TPSA) is 144 Å². The number of esters is 1. The van der Waals surface area contributed by atoms with E-state index in [0.29, 0.717) is 0 Å². The molecule has 3 aromatic carbocycles. The molecule has 0 bridgehead atoms. The molecule has 3 aromatic rings. The highest BCUT2D eigenvalue weighted by atomic mass is 16.6. The van der Waals surface area contributed by atoms with Crippen LogP contribution in [-0.2, 0) is 4.74 Å². The SMILES string of the molecule is O=C(COC(=O)c1ccc2c(c1)C(=O)N(c1cccc(O)c1)C2=O)c1cccc([N+](=O)[O-])c1. The molecule has 0 unspecified atom stereocenters. The van der Waals surface area contributed by atoms with Gasteiger partial charge in [0.25, 0.3) is 17.5 Å². The van der Waals surface area contributed by atoms with Crippen LogP contribution in [0.25, 0.3) is 0 Å². The highest BCUT2D eigenvalue weighted by Gasteiger charge is 2.37. The number of fused-ring (bicyclic) bond motifs is 1. The number of hydrogen-bond donors (Lipinski definition) is 1. The number of benzene rings is 3. The van der Waals surface area contributed by atoms with Crippen LogP contribution in [0.1, 0.15) is 41.4 Å². The lowest BCUT2D eigenvalue weighted by Crippen LogP contribution is -2.29. The van der Waals surface area contributed by atoms with Crippen molar-refractivity contribution < 1.29 is 33.9 Å². The minimum absolute atomic E-state index is 0.00785. The lowest BCUT2D eigenvalue weighted by Gasteiger charge is -2.13. The molecule has 1 heterocycles. The van der Waals surface area contributed by atoms with Crippen LogP contribution in [0.3, 0.4) is 0 Å². The summed E-state index contributed by atoms with van der Waals surface area (Å²) >= 11 is 0. The zero-order valence-electron chi connectivity index (χ0n) is 16.8. The molecule has 1 N–H and O–H groups in total. The Morgan fingerprint density at radius 3 is 2.36 bits per heavy atom. The van der Waals surface area contributed by atoms with Gasteiger partial charge in [-0.3, -0.25) is 24.5 Å². The summed E-state index contributed by atoms with van der Waals surface area (Å²) in [6.07, 6.45) is 0. The van der Waals surface area contributed by atoms with Crippen LogP contribution in [0.15, 0.2) is 66.7 Å². The first-order chi connectivity index (χ1) is 15.8. The molecule has 0 saturated heterocycles. The lowest BCUT2D eigenvalue weighted by molar-refractivity contribution is -0.384. The van der Waals surface area contributed by atoms with Crippen molar-refractivity contribution in [2.24, 2.45) is 0 Å². The first-order valence-corrected chi connectivity index (χ1v) is 9.53. The first kappa shape index (κ1) is 21.4. The predicted molar refractivity (Wildman–Crippen MR) is 113 cm³/mol. The van der Waals surface area contributed by atoms with E-state index >= 15 is 0 Å². The number of anilines is 1. The average molecular weight is 446 g/mol. The fourth-order valence-electron chi connectivity index (χ4n) is 3.33. The Hall–Kier alpha value is -4.86.